The summed E-state index contributed by atoms with van der Waals surface area (Å²) in [6.45, 7) is 6.09. The lowest BCUT2D eigenvalue weighted by Crippen LogP contribution is -2.39. The first-order valence-corrected chi connectivity index (χ1v) is 8.58. The zero-order valence-corrected chi connectivity index (χ0v) is 14.6. The Kier molecular flexibility index (Phi) is 6.42. The molecule has 1 aromatic heterocycles. The van der Waals surface area contributed by atoms with Crippen molar-refractivity contribution in [2.45, 2.75) is 6.54 Å². The number of hydrogen-bond acceptors (Lipinski definition) is 7. The standard InChI is InChI=1S/C18H25N5O2/c1-24-16-5-3-2-4-15(16)14-21-18-20-7-6-17(22-18)19-8-9-23-10-12-25-13-11-23/h2-7H,8-14H2,1H3,(H2,19,20,21,22). The highest BCUT2D eigenvalue weighted by molar-refractivity contribution is 5.41. The molecule has 0 spiro atoms. The van der Waals surface area contributed by atoms with Gasteiger partial charge in [-0.25, -0.2) is 4.98 Å². The number of nitrogens with one attached hydrogen (secondary N) is 2. The Morgan fingerprint density at radius 1 is 1.16 bits per heavy atom. The lowest BCUT2D eigenvalue weighted by molar-refractivity contribution is 0.0398. The number of aromatic nitrogens is 2. The first-order chi connectivity index (χ1) is 12.3. The van der Waals surface area contributed by atoms with Crippen molar-refractivity contribution in [1.29, 1.82) is 0 Å². The summed E-state index contributed by atoms with van der Waals surface area (Å²) in [4.78, 5) is 11.2. The SMILES string of the molecule is COc1ccccc1CNc1nccc(NCCN2CCOCC2)n1. The summed E-state index contributed by atoms with van der Waals surface area (Å²) in [5.41, 5.74) is 1.07. The first-order valence-electron chi connectivity index (χ1n) is 8.58. The van der Waals surface area contributed by atoms with Crippen molar-refractivity contribution in [1.82, 2.24) is 14.9 Å². The van der Waals surface area contributed by atoms with E-state index < -0.39 is 0 Å². The molecule has 0 atom stereocenters. The minimum absolute atomic E-state index is 0.599. The van der Waals surface area contributed by atoms with E-state index in [1.165, 1.54) is 0 Å². The molecule has 0 amide bonds. The number of morpholine rings is 1. The Morgan fingerprint density at radius 3 is 2.84 bits per heavy atom. The highest BCUT2D eigenvalue weighted by Crippen LogP contribution is 2.18. The van der Waals surface area contributed by atoms with Crippen molar-refractivity contribution in [3.63, 3.8) is 0 Å². The quantitative estimate of drug-likeness (QED) is 0.758. The fourth-order valence-electron chi connectivity index (χ4n) is 2.73. The van der Waals surface area contributed by atoms with Gasteiger partial charge >= 0.3 is 0 Å². The number of para-hydroxylation sites is 1. The molecule has 3 rings (SSSR count). The van der Waals surface area contributed by atoms with Crippen LogP contribution in [0.15, 0.2) is 36.5 Å². The van der Waals surface area contributed by atoms with Gasteiger partial charge in [0.05, 0.1) is 20.3 Å². The first kappa shape index (κ1) is 17.4. The van der Waals surface area contributed by atoms with Gasteiger partial charge in [0.25, 0.3) is 0 Å². The summed E-state index contributed by atoms with van der Waals surface area (Å²) in [5.74, 6) is 2.28. The molecule has 7 heteroatoms. The van der Waals surface area contributed by atoms with Gasteiger partial charge in [0.15, 0.2) is 0 Å². The maximum atomic E-state index is 5.36. The van der Waals surface area contributed by atoms with Crippen LogP contribution in [0, 0.1) is 0 Å². The van der Waals surface area contributed by atoms with Crippen molar-refractivity contribution in [3.05, 3.63) is 42.1 Å². The second-order valence-electron chi connectivity index (χ2n) is 5.81. The van der Waals surface area contributed by atoms with Gasteiger partial charge in [0.2, 0.25) is 5.95 Å². The monoisotopic (exact) mass is 343 g/mol. The van der Waals surface area contributed by atoms with Gasteiger partial charge in [-0.15, -0.1) is 0 Å². The van der Waals surface area contributed by atoms with E-state index in [1.54, 1.807) is 13.3 Å². The van der Waals surface area contributed by atoms with Gasteiger partial charge in [-0.3, -0.25) is 4.90 Å². The fourth-order valence-corrected chi connectivity index (χ4v) is 2.73. The van der Waals surface area contributed by atoms with Gasteiger partial charge in [0, 0.05) is 44.5 Å². The zero-order valence-electron chi connectivity index (χ0n) is 14.6. The van der Waals surface area contributed by atoms with E-state index in [0.29, 0.717) is 12.5 Å². The Labute approximate surface area is 148 Å². The number of benzene rings is 1. The van der Waals surface area contributed by atoms with Crippen LogP contribution in [0.5, 0.6) is 5.75 Å². The Balaban J connectivity index is 1.49. The molecule has 0 aliphatic carbocycles. The molecule has 2 aromatic rings. The Bertz CT molecular complexity index is 661. The molecule has 0 saturated carbocycles. The second kappa shape index (κ2) is 9.19. The van der Waals surface area contributed by atoms with Crippen molar-refractivity contribution in [2.75, 3.05) is 57.1 Å². The van der Waals surface area contributed by atoms with Crippen LogP contribution < -0.4 is 15.4 Å². The van der Waals surface area contributed by atoms with Gasteiger partial charge in [0.1, 0.15) is 11.6 Å². The second-order valence-corrected chi connectivity index (χ2v) is 5.81. The Morgan fingerprint density at radius 2 is 2.00 bits per heavy atom. The van der Waals surface area contributed by atoms with Gasteiger partial charge in [-0.1, -0.05) is 18.2 Å². The van der Waals surface area contributed by atoms with Crippen LogP contribution in [-0.4, -0.2) is 61.4 Å². The van der Waals surface area contributed by atoms with E-state index in [1.807, 2.05) is 30.3 Å². The van der Waals surface area contributed by atoms with Crippen molar-refractivity contribution in [2.24, 2.45) is 0 Å². The molecule has 2 heterocycles. The number of ether oxygens (including phenoxy) is 2. The molecule has 1 aliphatic heterocycles. The van der Waals surface area contributed by atoms with Crippen molar-refractivity contribution in [3.8, 4) is 5.75 Å². The molecule has 2 N–H and O–H groups in total. The topological polar surface area (TPSA) is 71.5 Å². The number of hydrogen-bond donors (Lipinski definition) is 2. The van der Waals surface area contributed by atoms with E-state index >= 15 is 0 Å². The third kappa shape index (κ3) is 5.30. The van der Waals surface area contributed by atoms with Gasteiger partial charge in [-0.2, -0.15) is 4.98 Å². The highest BCUT2D eigenvalue weighted by atomic mass is 16.5. The van der Waals surface area contributed by atoms with E-state index in [0.717, 1.165) is 56.5 Å². The molecule has 7 nitrogen and oxygen atoms in total. The van der Waals surface area contributed by atoms with Crippen LogP contribution in [0.25, 0.3) is 0 Å². The summed E-state index contributed by atoms with van der Waals surface area (Å²) in [5, 5.41) is 6.60. The maximum absolute atomic E-state index is 5.36. The molecule has 0 unspecified atom stereocenters. The molecule has 134 valence electrons. The van der Waals surface area contributed by atoms with Crippen molar-refractivity contribution < 1.29 is 9.47 Å². The normalized spacial score (nSPS) is 14.9. The summed E-state index contributed by atoms with van der Waals surface area (Å²) < 4.78 is 10.7. The van der Waals surface area contributed by atoms with Crippen LogP contribution in [0.3, 0.4) is 0 Å². The molecule has 0 radical (unpaired) electrons. The van der Waals surface area contributed by atoms with E-state index in [9.17, 15) is 0 Å². The van der Waals surface area contributed by atoms with E-state index in [-0.39, 0.29) is 0 Å². The minimum atomic E-state index is 0.599. The van der Waals surface area contributed by atoms with Crippen LogP contribution >= 0.6 is 0 Å². The molecule has 1 aromatic carbocycles. The zero-order chi connectivity index (χ0) is 17.3. The summed E-state index contributed by atoms with van der Waals surface area (Å²) >= 11 is 0. The van der Waals surface area contributed by atoms with E-state index in [2.05, 4.69) is 25.5 Å². The highest BCUT2D eigenvalue weighted by Gasteiger charge is 2.09. The molecule has 25 heavy (non-hydrogen) atoms. The molecule has 1 fully saturated rings. The lowest BCUT2D eigenvalue weighted by atomic mass is 10.2. The van der Waals surface area contributed by atoms with Gasteiger partial charge < -0.3 is 20.1 Å². The average Bonchev–Trinajstić information content (AvgIpc) is 2.68. The molecule has 1 aliphatic rings. The summed E-state index contributed by atoms with van der Waals surface area (Å²) in [7, 11) is 1.67. The van der Waals surface area contributed by atoms with Crippen LogP contribution in [0.1, 0.15) is 5.56 Å². The predicted octanol–water partition coefficient (Wildman–Crippen LogP) is 1.84. The number of nitrogens with zero attached hydrogens (tertiary/aromatic N) is 3. The van der Waals surface area contributed by atoms with E-state index in [4.69, 9.17) is 9.47 Å². The third-order valence-electron chi connectivity index (χ3n) is 4.12. The lowest BCUT2D eigenvalue weighted by Gasteiger charge is -2.26. The van der Waals surface area contributed by atoms with Crippen LogP contribution in [-0.2, 0) is 11.3 Å². The molecule has 1 saturated heterocycles. The number of rotatable bonds is 8. The summed E-state index contributed by atoms with van der Waals surface area (Å²) in [6.07, 6.45) is 1.76. The van der Waals surface area contributed by atoms with Gasteiger partial charge in [-0.05, 0) is 12.1 Å². The largest absolute Gasteiger partial charge is 0.496 e. The third-order valence-corrected chi connectivity index (χ3v) is 4.12. The number of anilines is 2. The predicted molar refractivity (Wildman–Crippen MR) is 98.1 cm³/mol. The molecule has 0 bridgehead atoms. The van der Waals surface area contributed by atoms with Crippen LogP contribution in [0.4, 0.5) is 11.8 Å². The fraction of sp³-hybridized carbons (Fsp3) is 0.444. The molecular formula is C18H25N5O2. The van der Waals surface area contributed by atoms with Crippen molar-refractivity contribution >= 4 is 11.8 Å². The maximum Gasteiger partial charge on any atom is 0.224 e. The Hall–Kier alpha value is -2.38. The smallest absolute Gasteiger partial charge is 0.224 e. The minimum Gasteiger partial charge on any atom is -0.496 e. The molecular weight excluding hydrogens is 318 g/mol. The average molecular weight is 343 g/mol. The summed E-state index contributed by atoms with van der Waals surface area (Å²) in [6, 6.07) is 9.80. The van der Waals surface area contributed by atoms with Crippen LogP contribution in [0.2, 0.25) is 0 Å². The number of methoxy groups -OCH3 is 1.